The Bertz CT molecular complexity index is 500. The molecule has 1 saturated heterocycles. The highest BCUT2D eigenvalue weighted by atomic mass is 35.5. The highest BCUT2D eigenvalue weighted by Gasteiger charge is 2.51. The van der Waals surface area contributed by atoms with Crippen LogP contribution in [0.15, 0.2) is 18.2 Å². The lowest BCUT2D eigenvalue weighted by molar-refractivity contribution is 0.0601. The normalized spacial score (nSPS) is 21.1. The molecule has 0 radical (unpaired) electrons. The average molecular weight is 285 g/mol. The first-order valence-corrected chi connectivity index (χ1v) is 6.86. The molecule has 1 heterocycles. The minimum Gasteiger partial charge on any atom is -0.330 e. The first kappa shape index (κ1) is 12.3. The first-order chi connectivity index (χ1) is 8.62. The predicted octanol–water partition coefficient (Wildman–Crippen LogP) is 2.57. The van der Waals surface area contributed by atoms with Crippen LogP contribution in [0.1, 0.15) is 23.2 Å². The Morgan fingerprint density at radius 2 is 2.11 bits per heavy atom. The quantitative estimate of drug-likeness (QED) is 0.860. The molecule has 5 heteroatoms. The highest BCUT2D eigenvalue weighted by molar-refractivity contribution is 6.36. The van der Waals surface area contributed by atoms with Crippen LogP contribution in [0.25, 0.3) is 0 Å². The van der Waals surface area contributed by atoms with Gasteiger partial charge in [-0.25, -0.2) is 0 Å². The topological polar surface area (TPSA) is 32.3 Å². The Morgan fingerprint density at radius 1 is 1.33 bits per heavy atom. The molecular weight excluding hydrogens is 271 g/mol. The van der Waals surface area contributed by atoms with E-state index in [0.29, 0.717) is 15.6 Å². The number of nitrogens with one attached hydrogen (secondary N) is 1. The van der Waals surface area contributed by atoms with Gasteiger partial charge in [-0.1, -0.05) is 23.2 Å². The summed E-state index contributed by atoms with van der Waals surface area (Å²) in [5.74, 6) is 0.0238. The highest BCUT2D eigenvalue weighted by Crippen LogP contribution is 2.43. The zero-order valence-corrected chi connectivity index (χ0v) is 11.4. The van der Waals surface area contributed by atoms with E-state index in [9.17, 15) is 4.79 Å². The van der Waals surface area contributed by atoms with Crippen molar-refractivity contribution >= 4 is 29.1 Å². The Labute approximate surface area is 116 Å². The van der Waals surface area contributed by atoms with Crippen molar-refractivity contribution in [2.24, 2.45) is 0 Å². The smallest absolute Gasteiger partial charge is 0.255 e. The van der Waals surface area contributed by atoms with Gasteiger partial charge in [-0.2, -0.15) is 0 Å². The molecule has 0 atom stereocenters. The van der Waals surface area contributed by atoms with Crippen LogP contribution in [0.4, 0.5) is 0 Å². The van der Waals surface area contributed by atoms with Gasteiger partial charge < -0.3 is 10.2 Å². The van der Waals surface area contributed by atoms with Crippen molar-refractivity contribution in [2.75, 3.05) is 19.6 Å². The number of benzene rings is 1. The zero-order valence-electron chi connectivity index (χ0n) is 9.88. The van der Waals surface area contributed by atoms with Gasteiger partial charge in [0.25, 0.3) is 5.91 Å². The van der Waals surface area contributed by atoms with Gasteiger partial charge in [-0.3, -0.25) is 4.79 Å². The Hall–Kier alpha value is -0.770. The SMILES string of the molecule is O=C(c1ccc(Cl)cc1Cl)N1CCNCC12CC2. The molecule has 2 aliphatic rings. The van der Waals surface area contributed by atoms with Gasteiger partial charge in [-0.05, 0) is 31.0 Å². The predicted molar refractivity (Wildman–Crippen MR) is 72.3 cm³/mol. The third kappa shape index (κ3) is 2.00. The summed E-state index contributed by atoms with van der Waals surface area (Å²) in [5.41, 5.74) is 0.590. The van der Waals surface area contributed by atoms with E-state index < -0.39 is 0 Å². The third-order valence-corrected chi connectivity index (χ3v) is 4.32. The average Bonchev–Trinajstić information content (AvgIpc) is 3.09. The Morgan fingerprint density at radius 3 is 2.78 bits per heavy atom. The summed E-state index contributed by atoms with van der Waals surface area (Å²) in [6.45, 7) is 2.49. The molecule has 1 aliphatic heterocycles. The molecule has 0 bridgehead atoms. The second-order valence-corrected chi connectivity index (χ2v) is 5.83. The fourth-order valence-electron chi connectivity index (χ4n) is 2.56. The van der Waals surface area contributed by atoms with E-state index in [0.717, 1.165) is 32.5 Å². The third-order valence-electron chi connectivity index (χ3n) is 3.77. The van der Waals surface area contributed by atoms with Crippen LogP contribution in [-0.2, 0) is 0 Å². The van der Waals surface area contributed by atoms with Crippen LogP contribution in [0.5, 0.6) is 0 Å². The zero-order chi connectivity index (χ0) is 12.8. The van der Waals surface area contributed by atoms with Crippen LogP contribution >= 0.6 is 23.2 Å². The number of rotatable bonds is 1. The Balaban J connectivity index is 1.89. The molecule has 96 valence electrons. The molecule has 1 aliphatic carbocycles. The molecule has 18 heavy (non-hydrogen) atoms. The van der Waals surface area contributed by atoms with Gasteiger partial charge >= 0.3 is 0 Å². The van der Waals surface area contributed by atoms with Crippen LogP contribution in [0, 0.1) is 0 Å². The van der Waals surface area contributed by atoms with Gasteiger partial charge in [-0.15, -0.1) is 0 Å². The van der Waals surface area contributed by atoms with Crippen LogP contribution in [0.3, 0.4) is 0 Å². The summed E-state index contributed by atoms with van der Waals surface area (Å²) in [4.78, 5) is 14.5. The lowest BCUT2D eigenvalue weighted by Crippen LogP contribution is -2.55. The monoisotopic (exact) mass is 284 g/mol. The van der Waals surface area contributed by atoms with E-state index in [1.165, 1.54) is 0 Å². The van der Waals surface area contributed by atoms with E-state index in [1.807, 2.05) is 4.90 Å². The second kappa shape index (κ2) is 4.41. The molecule has 1 amide bonds. The molecule has 3 rings (SSSR count). The summed E-state index contributed by atoms with van der Waals surface area (Å²) >= 11 is 12.0. The fourth-order valence-corrected chi connectivity index (χ4v) is 3.05. The molecule has 0 unspecified atom stereocenters. The number of hydrogen-bond acceptors (Lipinski definition) is 2. The number of halogens is 2. The molecule has 1 N–H and O–H groups in total. The number of carbonyl (C=O) groups is 1. The lowest BCUT2D eigenvalue weighted by atomic mass is 10.1. The number of hydrogen-bond donors (Lipinski definition) is 1. The van der Waals surface area contributed by atoms with Crippen molar-refractivity contribution in [1.29, 1.82) is 0 Å². The molecule has 1 aromatic carbocycles. The maximum Gasteiger partial charge on any atom is 0.255 e. The number of amides is 1. The van der Waals surface area contributed by atoms with Crippen molar-refractivity contribution in [3.63, 3.8) is 0 Å². The Kier molecular flexibility index (Phi) is 3.00. The summed E-state index contributed by atoms with van der Waals surface area (Å²) in [6.07, 6.45) is 2.16. The summed E-state index contributed by atoms with van der Waals surface area (Å²) in [7, 11) is 0. The summed E-state index contributed by atoms with van der Waals surface area (Å²) in [5, 5.41) is 4.34. The molecule has 1 aromatic rings. The molecule has 2 fully saturated rings. The van der Waals surface area contributed by atoms with E-state index >= 15 is 0 Å². The maximum atomic E-state index is 12.6. The number of piperazine rings is 1. The summed E-state index contributed by atoms with van der Waals surface area (Å²) in [6, 6.07) is 5.05. The van der Waals surface area contributed by atoms with E-state index in [1.54, 1.807) is 18.2 Å². The largest absolute Gasteiger partial charge is 0.330 e. The minimum atomic E-state index is 0.0238. The van der Waals surface area contributed by atoms with Gasteiger partial charge in [0.2, 0.25) is 0 Å². The number of nitrogens with zero attached hydrogens (tertiary/aromatic N) is 1. The molecule has 0 aromatic heterocycles. The maximum absolute atomic E-state index is 12.6. The van der Waals surface area contributed by atoms with Crippen molar-refractivity contribution in [3.8, 4) is 0 Å². The van der Waals surface area contributed by atoms with Gasteiger partial charge in [0, 0.05) is 24.7 Å². The standard InChI is InChI=1S/C13H14Cl2N2O/c14-9-1-2-10(11(15)7-9)12(18)17-6-5-16-8-13(17)3-4-13/h1-2,7,16H,3-6,8H2. The van der Waals surface area contributed by atoms with Crippen molar-refractivity contribution < 1.29 is 4.79 Å². The van der Waals surface area contributed by atoms with Crippen LogP contribution < -0.4 is 5.32 Å². The van der Waals surface area contributed by atoms with Gasteiger partial charge in [0.05, 0.1) is 16.1 Å². The fraction of sp³-hybridized carbons (Fsp3) is 0.462. The lowest BCUT2D eigenvalue weighted by Gasteiger charge is -2.37. The molecule has 1 spiro atoms. The minimum absolute atomic E-state index is 0.0238. The summed E-state index contributed by atoms with van der Waals surface area (Å²) < 4.78 is 0. The number of carbonyl (C=O) groups excluding carboxylic acids is 1. The second-order valence-electron chi connectivity index (χ2n) is 4.98. The van der Waals surface area contributed by atoms with Crippen molar-refractivity contribution in [1.82, 2.24) is 10.2 Å². The van der Waals surface area contributed by atoms with Crippen LogP contribution in [0.2, 0.25) is 10.0 Å². The van der Waals surface area contributed by atoms with E-state index in [-0.39, 0.29) is 11.4 Å². The first-order valence-electron chi connectivity index (χ1n) is 6.10. The van der Waals surface area contributed by atoms with Gasteiger partial charge in [0.1, 0.15) is 0 Å². The van der Waals surface area contributed by atoms with Crippen LogP contribution in [-0.4, -0.2) is 36.0 Å². The molecule has 1 saturated carbocycles. The molecular formula is C13H14Cl2N2O. The van der Waals surface area contributed by atoms with E-state index in [2.05, 4.69) is 5.32 Å². The van der Waals surface area contributed by atoms with E-state index in [4.69, 9.17) is 23.2 Å². The molecule has 3 nitrogen and oxygen atoms in total. The van der Waals surface area contributed by atoms with Crippen molar-refractivity contribution in [3.05, 3.63) is 33.8 Å². The van der Waals surface area contributed by atoms with Crippen molar-refractivity contribution in [2.45, 2.75) is 18.4 Å². The van der Waals surface area contributed by atoms with Gasteiger partial charge in [0.15, 0.2) is 0 Å².